The molecule has 0 aromatic heterocycles. The molecule has 0 saturated carbocycles. The Morgan fingerprint density at radius 3 is 1.85 bits per heavy atom. The number of carbonyl (C=O) groups is 2. The van der Waals surface area contributed by atoms with Crippen molar-refractivity contribution >= 4 is 29.9 Å². The number of nitrogens with one attached hydrogen (secondary N) is 1. The van der Waals surface area contributed by atoms with E-state index >= 15 is 0 Å². The van der Waals surface area contributed by atoms with Gasteiger partial charge in [0.1, 0.15) is 0 Å². The molecule has 1 saturated heterocycles. The summed E-state index contributed by atoms with van der Waals surface area (Å²) in [5.74, 6) is -0.220. The second-order valence-electron chi connectivity index (χ2n) is 8.51. The summed E-state index contributed by atoms with van der Waals surface area (Å²) in [6.45, 7) is 2.74. The van der Waals surface area contributed by atoms with Gasteiger partial charge in [-0.05, 0) is 28.7 Å². The zero-order chi connectivity index (χ0) is 22.7. The van der Waals surface area contributed by atoms with Crippen molar-refractivity contribution in [1.29, 1.82) is 0 Å². The summed E-state index contributed by atoms with van der Waals surface area (Å²) < 4.78 is 0. The first kappa shape index (κ1) is 23.7. The summed E-state index contributed by atoms with van der Waals surface area (Å²) >= 11 is 0. The lowest BCUT2D eigenvalue weighted by Crippen LogP contribution is -2.45. The molecule has 1 fully saturated rings. The fraction of sp³-hybridized carbons (Fsp3) is 0.214. The highest BCUT2D eigenvalue weighted by Gasteiger charge is 2.53. The lowest BCUT2D eigenvalue weighted by atomic mass is 9.82. The van der Waals surface area contributed by atoms with Crippen LogP contribution in [0.1, 0.15) is 23.1 Å². The van der Waals surface area contributed by atoms with E-state index in [-0.39, 0.29) is 24.3 Å². The lowest BCUT2D eigenvalue weighted by molar-refractivity contribution is -0.130. The fourth-order valence-corrected chi connectivity index (χ4v) is 4.78. The van der Waals surface area contributed by atoms with Crippen LogP contribution in [0.5, 0.6) is 0 Å². The van der Waals surface area contributed by atoms with Crippen LogP contribution in [0, 0.1) is 0 Å². The third-order valence-electron chi connectivity index (χ3n) is 6.60. The normalized spacial score (nSPS) is 17.6. The molecule has 0 unspecified atom stereocenters. The van der Waals surface area contributed by atoms with Gasteiger partial charge in [-0.3, -0.25) is 14.6 Å². The molecule has 34 heavy (non-hydrogen) atoms. The third-order valence-corrected chi connectivity index (χ3v) is 6.60. The van der Waals surface area contributed by atoms with Crippen molar-refractivity contribution in [3.05, 3.63) is 114 Å². The summed E-state index contributed by atoms with van der Waals surface area (Å²) in [6.07, 6.45) is 3.21. The highest BCUT2D eigenvalue weighted by molar-refractivity contribution is 6.09. The van der Waals surface area contributed by atoms with Crippen LogP contribution in [0.2, 0.25) is 0 Å². The number of amides is 3. The van der Waals surface area contributed by atoms with Gasteiger partial charge in [-0.25, -0.2) is 4.79 Å². The maximum absolute atomic E-state index is 13.8. The first-order valence-electron chi connectivity index (χ1n) is 11.4. The van der Waals surface area contributed by atoms with Gasteiger partial charge in [-0.1, -0.05) is 97.1 Å². The summed E-state index contributed by atoms with van der Waals surface area (Å²) in [7, 11) is 0. The van der Waals surface area contributed by atoms with Crippen LogP contribution in [-0.2, 0) is 10.3 Å². The van der Waals surface area contributed by atoms with Crippen molar-refractivity contribution < 1.29 is 9.59 Å². The number of benzene rings is 3. The highest BCUT2D eigenvalue weighted by atomic mass is 35.5. The van der Waals surface area contributed by atoms with Gasteiger partial charge in [0.2, 0.25) is 0 Å². The van der Waals surface area contributed by atoms with Crippen LogP contribution in [-0.4, -0.2) is 47.9 Å². The molecule has 3 aromatic rings. The molecule has 2 aliphatic heterocycles. The fourth-order valence-electron chi connectivity index (χ4n) is 4.78. The molecule has 5 rings (SSSR count). The number of halogens is 1. The van der Waals surface area contributed by atoms with Crippen LogP contribution in [0.3, 0.4) is 0 Å². The maximum atomic E-state index is 13.8. The lowest BCUT2D eigenvalue weighted by Gasteiger charge is -2.29. The van der Waals surface area contributed by atoms with E-state index in [4.69, 9.17) is 0 Å². The van der Waals surface area contributed by atoms with Crippen molar-refractivity contribution in [1.82, 2.24) is 15.1 Å². The highest BCUT2D eigenvalue weighted by Crippen LogP contribution is 2.36. The van der Waals surface area contributed by atoms with Gasteiger partial charge < -0.3 is 5.32 Å². The summed E-state index contributed by atoms with van der Waals surface area (Å²) in [5, 5.41) is 3.02. The predicted octanol–water partition coefficient (Wildman–Crippen LogP) is 4.69. The van der Waals surface area contributed by atoms with Crippen LogP contribution < -0.4 is 5.32 Å². The minimum absolute atomic E-state index is 0. The number of rotatable bonds is 6. The molecule has 174 valence electrons. The van der Waals surface area contributed by atoms with Gasteiger partial charge in [0.15, 0.2) is 5.54 Å². The molecule has 1 N–H and O–H groups in total. The van der Waals surface area contributed by atoms with Crippen molar-refractivity contribution in [3.63, 3.8) is 0 Å². The topological polar surface area (TPSA) is 52.7 Å². The Hall–Kier alpha value is -3.41. The summed E-state index contributed by atoms with van der Waals surface area (Å²) in [4.78, 5) is 30.4. The largest absolute Gasteiger partial charge is 0.325 e. The van der Waals surface area contributed by atoms with E-state index in [0.717, 1.165) is 30.6 Å². The number of hydrogen-bond acceptors (Lipinski definition) is 3. The number of imide groups is 1. The van der Waals surface area contributed by atoms with Gasteiger partial charge in [0.25, 0.3) is 5.91 Å². The predicted molar refractivity (Wildman–Crippen MR) is 137 cm³/mol. The van der Waals surface area contributed by atoms with Gasteiger partial charge >= 0.3 is 6.03 Å². The minimum atomic E-state index is -1.19. The monoisotopic (exact) mass is 473 g/mol. The summed E-state index contributed by atoms with van der Waals surface area (Å²) in [6, 6.07) is 29.1. The molecule has 3 amide bonds. The smallest absolute Gasteiger partial charge is 0.315 e. The average molecular weight is 474 g/mol. The molecule has 3 aromatic carbocycles. The number of urea groups is 1. The molecule has 2 heterocycles. The minimum Gasteiger partial charge on any atom is -0.315 e. The molecule has 0 bridgehead atoms. The SMILES string of the molecule is Cl.O=C1NC(c2ccccc2)(c2ccccc2)C(=O)N1CCN1CC=C(c2ccccc2)CC1. The van der Waals surface area contributed by atoms with Crippen molar-refractivity contribution in [3.8, 4) is 0 Å². The van der Waals surface area contributed by atoms with Gasteiger partial charge in [0, 0.05) is 26.2 Å². The Bertz CT molecular complexity index is 1130. The van der Waals surface area contributed by atoms with E-state index < -0.39 is 5.54 Å². The third kappa shape index (κ3) is 4.37. The number of hydrogen-bond donors (Lipinski definition) is 1. The molecule has 0 atom stereocenters. The van der Waals surface area contributed by atoms with Crippen molar-refractivity contribution in [2.24, 2.45) is 0 Å². The van der Waals surface area contributed by atoms with Gasteiger partial charge in [-0.15, -0.1) is 12.4 Å². The second kappa shape index (κ2) is 10.2. The Kier molecular flexibility index (Phi) is 7.15. The Morgan fingerprint density at radius 1 is 0.765 bits per heavy atom. The molecular weight excluding hydrogens is 446 g/mol. The van der Waals surface area contributed by atoms with Crippen molar-refractivity contribution in [2.75, 3.05) is 26.2 Å². The van der Waals surface area contributed by atoms with Crippen LogP contribution in [0.15, 0.2) is 97.1 Å². The van der Waals surface area contributed by atoms with E-state index in [1.54, 1.807) is 0 Å². The maximum Gasteiger partial charge on any atom is 0.325 e. The van der Waals surface area contributed by atoms with E-state index in [1.165, 1.54) is 16.0 Å². The number of nitrogens with zero attached hydrogens (tertiary/aromatic N) is 2. The standard InChI is InChI=1S/C28H27N3O2.ClH/c32-26-28(24-12-6-2-7-13-24,25-14-8-3-9-15-25)29-27(33)31(26)21-20-30-18-16-23(17-19-30)22-10-4-1-5-11-22;/h1-16H,17-21H2,(H,29,33);1H. The Balaban J connectivity index is 0.00000274. The average Bonchev–Trinajstić information content (AvgIpc) is 3.15. The Morgan fingerprint density at radius 2 is 1.32 bits per heavy atom. The zero-order valence-electron chi connectivity index (χ0n) is 18.9. The molecule has 2 aliphatic rings. The summed E-state index contributed by atoms with van der Waals surface area (Å²) in [5.41, 5.74) is 2.97. The van der Waals surface area contributed by atoms with Gasteiger partial charge in [-0.2, -0.15) is 0 Å². The molecular formula is C28H28ClN3O2. The Labute approximate surface area is 206 Å². The quantitative estimate of drug-likeness (QED) is 0.528. The van der Waals surface area contributed by atoms with Crippen LogP contribution in [0.25, 0.3) is 5.57 Å². The molecule has 6 heteroatoms. The van der Waals surface area contributed by atoms with E-state index in [1.807, 2.05) is 66.7 Å². The van der Waals surface area contributed by atoms with E-state index in [9.17, 15) is 9.59 Å². The molecule has 0 spiro atoms. The molecule has 5 nitrogen and oxygen atoms in total. The van der Waals surface area contributed by atoms with Gasteiger partial charge in [0.05, 0.1) is 0 Å². The molecule has 0 radical (unpaired) electrons. The van der Waals surface area contributed by atoms with E-state index in [2.05, 4.69) is 40.6 Å². The zero-order valence-corrected chi connectivity index (χ0v) is 19.7. The van der Waals surface area contributed by atoms with E-state index in [0.29, 0.717) is 13.1 Å². The van der Waals surface area contributed by atoms with Crippen LogP contribution in [0.4, 0.5) is 4.79 Å². The first-order valence-corrected chi connectivity index (χ1v) is 11.4. The van der Waals surface area contributed by atoms with Crippen molar-refractivity contribution in [2.45, 2.75) is 12.0 Å². The first-order chi connectivity index (χ1) is 16.2. The second-order valence-corrected chi connectivity index (χ2v) is 8.51. The van der Waals surface area contributed by atoms with Crippen LogP contribution >= 0.6 is 12.4 Å². The number of carbonyl (C=O) groups excluding carboxylic acids is 2. The molecule has 0 aliphatic carbocycles.